The third-order valence-corrected chi connectivity index (χ3v) is 5.96. The summed E-state index contributed by atoms with van der Waals surface area (Å²) >= 11 is 0. The normalized spacial score (nSPS) is 30.1. The molecule has 134 valence electrons. The second kappa shape index (κ2) is 7.11. The molecule has 1 heterocycles. The van der Waals surface area contributed by atoms with E-state index in [1.165, 1.54) is 6.42 Å². The van der Waals surface area contributed by atoms with Crippen molar-refractivity contribution in [2.45, 2.75) is 82.7 Å². The van der Waals surface area contributed by atoms with Crippen LogP contribution in [0.3, 0.4) is 0 Å². The van der Waals surface area contributed by atoms with Crippen LogP contribution in [0.1, 0.15) is 71.1 Å². The number of hydrogen-bond donors (Lipinski definition) is 2. The molecular weight excluding hydrogens is 306 g/mol. The van der Waals surface area contributed by atoms with Gasteiger partial charge >= 0.3 is 6.03 Å². The van der Waals surface area contributed by atoms with Crippen LogP contribution in [-0.4, -0.2) is 40.9 Å². The highest BCUT2D eigenvalue weighted by molar-refractivity contribution is 6.09. The Labute approximate surface area is 143 Å². The molecule has 6 nitrogen and oxygen atoms in total. The van der Waals surface area contributed by atoms with E-state index in [4.69, 9.17) is 0 Å². The van der Waals surface area contributed by atoms with Gasteiger partial charge in [0.15, 0.2) is 0 Å². The van der Waals surface area contributed by atoms with Crippen molar-refractivity contribution in [1.82, 2.24) is 15.5 Å². The molecule has 24 heavy (non-hydrogen) atoms. The Bertz CT molecular complexity index is 512. The standard InChI is InChI=1S/C18H29N3O3/c1-13-8-4-5-9-14(13)19-15(22)12-21-16(23)18(20-17(21)24)10-6-2-3-7-11-18/h13-14H,2-12H2,1H3,(H,19,22)(H,20,24)/t13-,14-/m1/s1. The van der Waals surface area contributed by atoms with Gasteiger partial charge in [-0.05, 0) is 31.6 Å². The summed E-state index contributed by atoms with van der Waals surface area (Å²) in [6.45, 7) is 1.99. The van der Waals surface area contributed by atoms with Gasteiger partial charge in [-0.25, -0.2) is 4.79 Å². The van der Waals surface area contributed by atoms with Crippen molar-refractivity contribution >= 4 is 17.8 Å². The molecule has 0 bridgehead atoms. The average Bonchev–Trinajstić information content (AvgIpc) is 2.73. The SMILES string of the molecule is C[C@@H]1CCCC[C@H]1NC(=O)CN1C(=O)NC2(CCCCCC2)C1=O. The topological polar surface area (TPSA) is 78.5 Å². The minimum absolute atomic E-state index is 0.157. The molecule has 0 aromatic carbocycles. The summed E-state index contributed by atoms with van der Waals surface area (Å²) in [6, 6.07) is -0.243. The van der Waals surface area contributed by atoms with Gasteiger partial charge in [-0.1, -0.05) is 45.4 Å². The molecule has 3 aliphatic rings. The first-order valence-electron chi connectivity index (χ1n) is 9.45. The predicted octanol–water partition coefficient (Wildman–Crippen LogP) is 2.33. The lowest BCUT2D eigenvalue weighted by Gasteiger charge is -2.30. The van der Waals surface area contributed by atoms with E-state index in [2.05, 4.69) is 17.6 Å². The molecular formula is C18H29N3O3. The van der Waals surface area contributed by atoms with E-state index in [-0.39, 0.29) is 24.4 Å². The average molecular weight is 335 g/mol. The summed E-state index contributed by atoms with van der Waals surface area (Å²) in [5, 5.41) is 5.91. The quantitative estimate of drug-likeness (QED) is 0.777. The van der Waals surface area contributed by atoms with Crippen molar-refractivity contribution in [3.63, 3.8) is 0 Å². The first-order valence-corrected chi connectivity index (χ1v) is 9.45. The number of amides is 4. The van der Waals surface area contributed by atoms with E-state index < -0.39 is 11.6 Å². The molecule has 6 heteroatoms. The lowest BCUT2D eigenvalue weighted by atomic mass is 9.86. The third-order valence-electron chi connectivity index (χ3n) is 5.96. The molecule has 1 saturated heterocycles. The van der Waals surface area contributed by atoms with Gasteiger partial charge < -0.3 is 10.6 Å². The zero-order valence-electron chi connectivity index (χ0n) is 14.6. The van der Waals surface area contributed by atoms with E-state index >= 15 is 0 Å². The maximum atomic E-state index is 12.8. The van der Waals surface area contributed by atoms with Crippen molar-refractivity contribution < 1.29 is 14.4 Å². The van der Waals surface area contributed by atoms with Crippen LogP contribution in [0.2, 0.25) is 0 Å². The molecule has 1 aliphatic heterocycles. The summed E-state index contributed by atoms with van der Waals surface area (Å²) in [7, 11) is 0. The number of nitrogens with one attached hydrogen (secondary N) is 2. The van der Waals surface area contributed by atoms with E-state index in [0.717, 1.165) is 49.8 Å². The van der Waals surface area contributed by atoms with Crippen molar-refractivity contribution in [2.24, 2.45) is 5.92 Å². The van der Waals surface area contributed by atoms with Gasteiger partial charge in [-0.3, -0.25) is 14.5 Å². The van der Waals surface area contributed by atoms with Crippen molar-refractivity contribution in [3.8, 4) is 0 Å². The van der Waals surface area contributed by atoms with Gasteiger partial charge in [-0.15, -0.1) is 0 Å². The molecule has 2 atom stereocenters. The smallest absolute Gasteiger partial charge is 0.325 e. The fourth-order valence-corrected chi connectivity index (χ4v) is 4.42. The lowest BCUT2D eigenvalue weighted by Crippen LogP contribution is -2.49. The highest BCUT2D eigenvalue weighted by Crippen LogP contribution is 2.32. The number of carbonyl (C=O) groups is 3. The van der Waals surface area contributed by atoms with Crippen LogP contribution in [-0.2, 0) is 9.59 Å². The Hall–Kier alpha value is -1.59. The second-order valence-corrected chi connectivity index (χ2v) is 7.75. The molecule has 2 saturated carbocycles. The fraction of sp³-hybridized carbons (Fsp3) is 0.833. The number of nitrogens with zero attached hydrogens (tertiary/aromatic N) is 1. The monoisotopic (exact) mass is 335 g/mol. The van der Waals surface area contributed by atoms with Crippen LogP contribution in [0, 0.1) is 5.92 Å². The molecule has 0 unspecified atom stereocenters. The second-order valence-electron chi connectivity index (χ2n) is 7.75. The number of urea groups is 1. The molecule has 2 aliphatic carbocycles. The van der Waals surface area contributed by atoms with Crippen LogP contribution in [0.5, 0.6) is 0 Å². The molecule has 0 aromatic heterocycles. The third kappa shape index (κ3) is 3.42. The van der Waals surface area contributed by atoms with Crippen LogP contribution in [0.15, 0.2) is 0 Å². The van der Waals surface area contributed by atoms with Gasteiger partial charge in [0.1, 0.15) is 12.1 Å². The lowest BCUT2D eigenvalue weighted by molar-refractivity contribution is -0.135. The Kier molecular flexibility index (Phi) is 5.11. The number of carbonyl (C=O) groups excluding carboxylic acids is 3. The van der Waals surface area contributed by atoms with Crippen LogP contribution in [0.4, 0.5) is 4.79 Å². The summed E-state index contributed by atoms with van der Waals surface area (Å²) in [6.07, 6.45) is 9.93. The van der Waals surface area contributed by atoms with Gasteiger partial charge in [0.05, 0.1) is 0 Å². The van der Waals surface area contributed by atoms with Crippen LogP contribution in [0.25, 0.3) is 0 Å². The molecule has 0 radical (unpaired) electrons. The fourth-order valence-electron chi connectivity index (χ4n) is 4.42. The van der Waals surface area contributed by atoms with Crippen molar-refractivity contribution in [1.29, 1.82) is 0 Å². The minimum atomic E-state index is -0.758. The Morgan fingerprint density at radius 2 is 1.79 bits per heavy atom. The Morgan fingerprint density at radius 1 is 1.12 bits per heavy atom. The molecule has 4 amide bonds. The maximum absolute atomic E-state index is 12.8. The summed E-state index contributed by atoms with van der Waals surface area (Å²) in [4.78, 5) is 38.6. The Morgan fingerprint density at radius 3 is 2.46 bits per heavy atom. The van der Waals surface area contributed by atoms with Crippen LogP contribution >= 0.6 is 0 Å². The van der Waals surface area contributed by atoms with E-state index in [1.54, 1.807) is 0 Å². The Balaban J connectivity index is 1.61. The van der Waals surface area contributed by atoms with Gasteiger partial charge in [0.25, 0.3) is 5.91 Å². The molecule has 1 spiro atoms. The van der Waals surface area contributed by atoms with Crippen molar-refractivity contribution in [2.75, 3.05) is 6.54 Å². The van der Waals surface area contributed by atoms with Crippen LogP contribution < -0.4 is 10.6 Å². The first-order chi connectivity index (χ1) is 11.5. The summed E-state index contributed by atoms with van der Waals surface area (Å²) < 4.78 is 0. The minimum Gasteiger partial charge on any atom is -0.352 e. The zero-order chi connectivity index (χ0) is 17.2. The van der Waals surface area contributed by atoms with Crippen molar-refractivity contribution in [3.05, 3.63) is 0 Å². The van der Waals surface area contributed by atoms with E-state index in [0.29, 0.717) is 18.8 Å². The molecule has 3 rings (SSSR count). The summed E-state index contributed by atoms with van der Waals surface area (Å²) in [5.74, 6) is 0.0307. The highest BCUT2D eigenvalue weighted by atomic mass is 16.2. The largest absolute Gasteiger partial charge is 0.352 e. The van der Waals surface area contributed by atoms with Gasteiger partial charge in [0, 0.05) is 6.04 Å². The highest BCUT2D eigenvalue weighted by Gasteiger charge is 2.51. The van der Waals surface area contributed by atoms with Gasteiger partial charge in [-0.2, -0.15) is 0 Å². The number of imide groups is 1. The molecule has 3 fully saturated rings. The van der Waals surface area contributed by atoms with E-state index in [9.17, 15) is 14.4 Å². The summed E-state index contributed by atoms with van der Waals surface area (Å²) in [5.41, 5.74) is -0.758. The molecule has 0 aromatic rings. The number of rotatable bonds is 3. The maximum Gasteiger partial charge on any atom is 0.325 e. The first kappa shape index (κ1) is 17.2. The van der Waals surface area contributed by atoms with Gasteiger partial charge in [0.2, 0.25) is 5.91 Å². The van der Waals surface area contributed by atoms with E-state index in [1.807, 2.05) is 0 Å². The number of hydrogen-bond acceptors (Lipinski definition) is 3. The predicted molar refractivity (Wildman–Crippen MR) is 90.2 cm³/mol. The molecule has 2 N–H and O–H groups in total. The zero-order valence-corrected chi connectivity index (χ0v) is 14.6.